The highest BCUT2D eigenvalue weighted by Crippen LogP contribution is 2.27. The Hall–Kier alpha value is -8.29. The molecule has 8 aromatic rings. The Kier molecular flexibility index (Phi) is 15.0. The van der Waals surface area contributed by atoms with E-state index in [9.17, 15) is 31.2 Å². The first-order valence-corrected chi connectivity index (χ1v) is 26.1. The average Bonchev–Trinajstić information content (AvgIpc) is 4.25. The van der Waals surface area contributed by atoms with Crippen molar-refractivity contribution in [3.8, 4) is 22.9 Å². The van der Waals surface area contributed by atoms with Crippen molar-refractivity contribution >= 4 is 72.2 Å². The van der Waals surface area contributed by atoms with Gasteiger partial charge in [-0.1, -0.05) is 0 Å². The Labute approximate surface area is 419 Å². The van der Waals surface area contributed by atoms with E-state index in [1.807, 2.05) is 0 Å². The predicted octanol–water partition coefficient (Wildman–Crippen LogP) is 5.96. The van der Waals surface area contributed by atoms with Gasteiger partial charge in [0, 0.05) is 67.9 Å². The molecule has 10 rings (SSSR count). The maximum atomic E-state index is 12.8. The number of piperidine rings is 2. The molecule has 4 aromatic carbocycles. The van der Waals surface area contributed by atoms with Crippen molar-refractivity contribution in [3.63, 3.8) is 0 Å². The van der Waals surface area contributed by atoms with Crippen molar-refractivity contribution in [1.82, 2.24) is 54.6 Å². The molecule has 4 aromatic heterocycles. The third kappa shape index (κ3) is 12.4. The van der Waals surface area contributed by atoms with Crippen LogP contribution in [0.1, 0.15) is 32.6 Å². The lowest BCUT2D eigenvalue weighted by Gasteiger charge is -2.30. The van der Waals surface area contributed by atoms with E-state index in [0.717, 1.165) is 37.3 Å². The number of aromatic nitrogens is 8. The number of likely N-dealkylation sites (tertiary alicyclic amines) is 1. The van der Waals surface area contributed by atoms with Crippen LogP contribution in [0.3, 0.4) is 0 Å². The van der Waals surface area contributed by atoms with Gasteiger partial charge < -0.3 is 47.7 Å². The van der Waals surface area contributed by atoms with Gasteiger partial charge in [0.05, 0.1) is 47.2 Å². The summed E-state index contributed by atoms with van der Waals surface area (Å²) in [6.07, 6.45) is 13.2. The number of rotatable bonds is 14. The van der Waals surface area contributed by atoms with E-state index in [4.69, 9.17) is 13.1 Å². The lowest BCUT2D eigenvalue weighted by molar-refractivity contribution is -0.149. The van der Waals surface area contributed by atoms with E-state index in [0.29, 0.717) is 67.1 Å². The average molecular weight is 1030 g/mol. The number of esters is 1. The van der Waals surface area contributed by atoms with Crippen LogP contribution in [0, 0.1) is 11.8 Å². The molecular weight excluding hydrogens is 983 g/mol. The Morgan fingerprint density at radius 3 is 1.66 bits per heavy atom. The number of nitrogens with zero attached hydrogens (tertiary/aromatic N) is 7. The summed E-state index contributed by atoms with van der Waals surface area (Å²) in [5.74, 6) is 0.712. The molecule has 73 heavy (non-hydrogen) atoms. The first-order valence-electron chi connectivity index (χ1n) is 23.3. The molecule has 2 aliphatic rings. The quantitative estimate of drug-likeness (QED) is 0.0541. The highest BCUT2D eigenvalue weighted by molar-refractivity contribution is 7.87. The second kappa shape index (κ2) is 22.0. The number of carbonyl (C=O) groups is 3. The molecule has 0 radical (unpaired) electrons. The van der Waals surface area contributed by atoms with Crippen LogP contribution in [-0.2, 0) is 29.8 Å². The first-order chi connectivity index (χ1) is 35.3. The van der Waals surface area contributed by atoms with Gasteiger partial charge in [0.2, 0.25) is 11.9 Å². The van der Waals surface area contributed by atoms with Crippen LogP contribution in [-0.4, -0.2) is 118 Å². The van der Waals surface area contributed by atoms with Gasteiger partial charge in [0.15, 0.2) is 0 Å². The molecule has 6 N–H and O–H groups in total. The third-order valence-corrected chi connectivity index (χ3v) is 14.6. The van der Waals surface area contributed by atoms with Gasteiger partial charge in [-0.3, -0.25) is 15.4 Å². The molecule has 6 heterocycles. The van der Waals surface area contributed by atoms with Crippen molar-refractivity contribution < 1.29 is 44.3 Å². The predicted molar refractivity (Wildman–Crippen MR) is 268 cm³/mol. The maximum absolute atomic E-state index is 12.8. The number of nitrogens with one attached hydrogen (secondary N) is 6. The number of carbonyl (C=O) groups excluding carboxylic acids is 3. The van der Waals surface area contributed by atoms with Crippen molar-refractivity contribution in [1.29, 1.82) is 0 Å². The summed E-state index contributed by atoms with van der Waals surface area (Å²) < 4.78 is 70.3. The topological polar surface area (TPSA) is 292 Å². The fraction of sp³-hybridized carbons (Fsp3) is 0.271. The largest absolute Gasteiger partial charge is 0.466 e. The second-order valence-electron chi connectivity index (χ2n) is 17.0. The molecule has 0 saturated carbocycles. The number of urea groups is 2. The molecule has 0 aliphatic carbocycles. The first kappa shape index (κ1) is 49.7. The summed E-state index contributed by atoms with van der Waals surface area (Å²) in [4.78, 5) is 61.1. The molecule has 4 amide bonds. The van der Waals surface area contributed by atoms with Crippen LogP contribution in [0.15, 0.2) is 132 Å². The number of amides is 4. The molecule has 0 unspecified atom stereocenters. The fourth-order valence-corrected chi connectivity index (χ4v) is 10.0. The molecule has 2 aliphatic heterocycles. The van der Waals surface area contributed by atoms with E-state index in [1.54, 1.807) is 94.8 Å². The van der Waals surface area contributed by atoms with Gasteiger partial charge in [0.25, 0.3) is 0 Å². The number of ether oxygens (including phenoxy) is 1. The van der Waals surface area contributed by atoms with E-state index in [1.165, 1.54) is 48.5 Å². The van der Waals surface area contributed by atoms with Crippen LogP contribution >= 0.6 is 0 Å². The van der Waals surface area contributed by atoms with Crippen LogP contribution < -0.4 is 29.6 Å². The number of hydrogen-bond acceptors (Lipinski definition) is 15. The zero-order chi connectivity index (χ0) is 51.0. The normalized spacial score (nSPS) is 14.5. The van der Waals surface area contributed by atoms with Crippen molar-refractivity contribution in [2.75, 3.05) is 50.0 Å². The monoisotopic (exact) mass is 1030 g/mol. The minimum atomic E-state index is -4.08. The van der Waals surface area contributed by atoms with Crippen molar-refractivity contribution in [2.45, 2.75) is 42.4 Å². The third-order valence-electron chi connectivity index (χ3n) is 12.0. The van der Waals surface area contributed by atoms with Crippen molar-refractivity contribution in [3.05, 3.63) is 122 Å². The second-order valence-corrected chi connectivity index (χ2v) is 20.1. The highest BCUT2D eigenvalue weighted by Gasteiger charge is 2.29. The van der Waals surface area contributed by atoms with E-state index >= 15 is 0 Å². The molecule has 2 fully saturated rings. The van der Waals surface area contributed by atoms with Crippen LogP contribution in [0.4, 0.5) is 21.5 Å². The summed E-state index contributed by atoms with van der Waals surface area (Å²) >= 11 is 0. The number of hydrogen-bond donors (Lipinski definition) is 6. The van der Waals surface area contributed by atoms with Crippen LogP contribution in [0.5, 0.6) is 11.5 Å². The fourth-order valence-electron chi connectivity index (χ4n) is 8.17. The van der Waals surface area contributed by atoms with Crippen LogP contribution in [0.2, 0.25) is 0 Å². The molecule has 380 valence electrons. The van der Waals surface area contributed by atoms with E-state index in [-0.39, 0.29) is 57.1 Å². The Morgan fingerprint density at radius 1 is 0.671 bits per heavy atom. The van der Waals surface area contributed by atoms with Gasteiger partial charge >= 0.3 is 38.3 Å². The lowest BCUT2D eigenvalue weighted by atomic mass is 9.97. The molecule has 0 bridgehead atoms. The van der Waals surface area contributed by atoms with Crippen LogP contribution in [0.25, 0.3) is 33.4 Å². The molecule has 25 heteroatoms. The molecule has 23 nitrogen and oxygen atoms in total. The number of H-pyrrole nitrogens is 2. The molecular formula is C48H51N13O10S2. The zero-order valence-corrected chi connectivity index (χ0v) is 40.9. The smallest absolute Gasteiger partial charge is 0.339 e. The Morgan fingerprint density at radius 2 is 1.18 bits per heavy atom. The summed E-state index contributed by atoms with van der Waals surface area (Å²) in [7, 11) is -8.13. The maximum Gasteiger partial charge on any atom is 0.339 e. The highest BCUT2D eigenvalue weighted by atomic mass is 32.2. The Balaban J connectivity index is 0.000000180. The summed E-state index contributed by atoms with van der Waals surface area (Å²) in [5, 5.41) is 11.6. The Bertz CT molecular complexity index is 3410. The SMILES string of the molecule is CCOC(=O)C1CCN(C(=O)Nc2nc3cc(OS(=O)(=O)c4ccc(-n5ccnc5)cc4)ccc3[nH]2)CC1.O=C(NCC1CCNCC1)Nc1nc2cc(OS(=O)(=O)c3ccc(-n4ccnc4)cc3)ccc2[nH]1. The van der Waals surface area contributed by atoms with Crippen molar-refractivity contribution in [2.24, 2.45) is 11.8 Å². The number of imidazole rings is 4. The van der Waals surface area contributed by atoms with Gasteiger partial charge in [0.1, 0.15) is 21.3 Å². The van der Waals surface area contributed by atoms with Gasteiger partial charge in [-0.25, -0.2) is 29.5 Å². The number of anilines is 2. The van der Waals surface area contributed by atoms with Gasteiger partial charge in [-0.05, 0) is 124 Å². The summed E-state index contributed by atoms with van der Waals surface area (Å²) in [6.45, 7) is 5.49. The lowest BCUT2D eigenvalue weighted by Crippen LogP contribution is -2.42. The zero-order valence-electron chi connectivity index (χ0n) is 39.3. The summed E-state index contributed by atoms with van der Waals surface area (Å²) in [5.41, 5.74) is 3.65. The van der Waals surface area contributed by atoms with E-state index < -0.39 is 20.2 Å². The van der Waals surface area contributed by atoms with E-state index in [2.05, 4.69) is 51.2 Å². The number of benzene rings is 4. The summed E-state index contributed by atoms with van der Waals surface area (Å²) in [6, 6.07) is 21.1. The molecule has 0 spiro atoms. The van der Waals surface area contributed by atoms with Gasteiger partial charge in [-0.15, -0.1) is 0 Å². The standard InChI is InChI=1S/C25H26N6O6S.C23H25N7O4S/c1-2-36-23(32)17-9-12-30(13-10-17)25(33)29-24-27-21-8-5-19(15-22(21)28-24)37-38(34,35)20-6-3-18(4-7-20)31-14-11-26-16-31;31-23(26-14-16-7-9-24-10-8-16)29-22-27-20-6-3-18(13-21(20)28-22)34-35(32,33)19-4-1-17(2-5-19)30-12-11-25-15-30/h3-8,11,14-17H,2,9-10,12-13H2,1H3,(H2,27,28,29,33);1-6,11-13,15-16,24H,7-10,14H2,(H3,26,27,28,29,31). The minimum absolute atomic E-state index is 0.00293. The number of aromatic amines is 2. The minimum Gasteiger partial charge on any atom is -0.466 e. The molecule has 0 atom stereocenters. The van der Waals surface area contributed by atoms with Gasteiger partial charge in [-0.2, -0.15) is 16.8 Å². The number of fused-ring (bicyclic) bond motifs is 2. The molecule has 2 saturated heterocycles.